The summed E-state index contributed by atoms with van der Waals surface area (Å²) in [5, 5.41) is 11.4. The van der Waals surface area contributed by atoms with Crippen molar-refractivity contribution in [3.63, 3.8) is 0 Å². The molecule has 0 fully saturated rings. The fraction of sp³-hybridized carbons (Fsp3) is 0.455. The minimum atomic E-state index is -5.68. The van der Waals surface area contributed by atoms with Gasteiger partial charge in [-0.15, -0.1) is 0 Å². The van der Waals surface area contributed by atoms with Crippen molar-refractivity contribution in [3.05, 3.63) is 24.0 Å². The zero-order valence-electron chi connectivity index (χ0n) is 10.4. The molecule has 1 aromatic carbocycles. The molecule has 0 aliphatic heterocycles. The van der Waals surface area contributed by atoms with Gasteiger partial charge < -0.3 is 10.4 Å². The van der Waals surface area contributed by atoms with E-state index in [-0.39, 0.29) is 0 Å². The van der Waals surface area contributed by atoms with Gasteiger partial charge in [-0.3, -0.25) is 0 Å². The van der Waals surface area contributed by atoms with Gasteiger partial charge in [0, 0.05) is 6.04 Å². The number of nitrogens with one attached hydrogen (secondary N) is 1. The number of hydrogen-bond donors (Lipinski definition) is 2. The predicted molar refractivity (Wildman–Crippen MR) is 64.4 cm³/mol. The third kappa shape index (κ3) is 3.40. The summed E-state index contributed by atoms with van der Waals surface area (Å²) in [5.41, 5.74) is -5.93. The predicted octanol–water partition coefficient (Wildman–Crippen LogP) is 2.30. The molecule has 9 heteroatoms. The zero-order chi connectivity index (χ0) is 15.6. The first kappa shape index (κ1) is 16.7. The Hall–Kier alpha value is -1.35. The molecule has 1 rings (SSSR count). The molecule has 4 nitrogen and oxygen atoms in total. The molecule has 0 unspecified atom stereocenters. The summed E-state index contributed by atoms with van der Waals surface area (Å²) in [5.74, 6) is -1.10. The van der Waals surface area contributed by atoms with Crippen LogP contribution in [0.1, 0.15) is 13.3 Å². The number of aliphatic hydroxyl groups is 1. The number of anilines is 1. The minimum absolute atomic E-state index is 0.301. The molecule has 0 spiro atoms. The highest BCUT2D eigenvalue weighted by Gasteiger charge is 2.48. The van der Waals surface area contributed by atoms with Crippen molar-refractivity contribution in [1.29, 1.82) is 0 Å². The Bertz CT molecular complexity index is 568. The molecule has 0 saturated carbocycles. The van der Waals surface area contributed by atoms with Gasteiger partial charge in [-0.25, -0.2) is 12.8 Å². The highest BCUT2D eigenvalue weighted by molar-refractivity contribution is 7.92. The van der Waals surface area contributed by atoms with E-state index in [1.165, 1.54) is 0 Å². The smallest absolute Gasteiger partial charge is 0.394 e. The van der Waals surface area contributed by atoms with Gasteiger partial charge in [-0.1, -0.05) is 6.92 Å². The molecule has 0 aromatic heterocycles. The molecule has 2 N–H and O–H groups in total. The Labute approximate surface area is 113 Å². The monoisotopic (exact) mass is 315 g/mol. The first-order chi connectivity index (χ1) is 9.13. The summed E-state index contributed by atoms with van der Waals surface area (Å²) in [4.78, 5) is -1.20. The van der Waals surface area contributed by atoms with Crippen molar-refractivity contribution in [3.8, 4) is 0 Å². The van der Waals surface area contributed by atoms with Gasteiger partial charge in [0.05, 0.1) is 12.3 Å². The number of alkyl halides is 3. The molecule has 0 radical (unpaired) electrons. The topological polar surface area (TPSA) is 66.4 Å². The van der Waals surface area contributed by atoms with E-state index in [4.69, 9.17) is 5.11 Å². The Morgan fingerprint density at radius 1 is 1.35 bits per heavy atom. The van der Waals surface area contributed by atoms with Gasteiger partial charge in [-0.2, -0.15) is 13.2 Å². The van der Waals surface area contributed by atoms with Gasteiger partial charge in [-0.05, 0) is 24.6 Å². The lowest BCUT2D eigenvalue weighted by molar-refractivity contribution is -0.0435. The molecule has 0 amide bonds. The summed E-state index contributed by atoms with van der Waals surface area (Å²) >= 11 is 0. The zero-order valence-corrected chi connectivity index (χ0v) is 11.2. The van der Waals surface area contributed by atoms with E-state index in [1.54, 1.807) is 6.92 Å². The molecule has 1 aromatic rings. The Morgan fingerprint density at radius 2 is 1.95 bits per heavy atom. The lowest BCUT2D eigenvalue weighted by Gasteiger charge is -2.19. The van der Waals surface area contributed by atoms with Crippen LogP contribution < -0.4 is 5.32 Å². The van der Waals surface area contributed by atoms with Gasteiger partial charge in [0.25, 0.3) is 9.84 Å². The maximum absolute atomic E-state index is 13.1. The van der Waals surface area contributed by atoms with Crippen molar-refractivity contribution < 1.29 is 31.1 Å². The van der Waals surface area contributed by atoms with E-state index < -0.39 is 44.4 Å². The van der Waals surface area contributed by atoms with Crippen LogP contribution in [0.2, 0.25) is 0 Å². The number of hydrogen-bond acceptors (Lipinski definition) is 4. The van der Waals surface area contributed by atoms with E-state index in [1.807, 2.05) is 0 Å². The van der Waals surface area contributed by atoms with Crippen LogP contribution >= 0.6 is 0 Å². The lowest BCUT2D eigenvalue weighted by atomic mass is 10.2. The SMILES string of the molecule is CC[C@@H](CO)Nc1ccc(F)cc1S(=O)(=O)C(F)(F)F. The van der Waals surface area contributed by atoms with Crippen LogP contribution in [-0.4, -0.2) is 31.7 Å². The van der Waals surface area contributed by atoms with Crippen LogP contribution in [-0.2, 0) is 9.84 Å². The van der Waals surface area contributed by atoms with Crippen LogP contribution in [0.15, 0.2) is 23.1 Å². The van der Waals surface area contributed by atoms with E-state index >= 15 is 0 Å². The molecule has 20 heavy (non-hydrogen) atoms. The second-order valence-electron chi connectivity index (χ2n) is 4.02. The molecule has 0 aliphatic rings. The number of rotatable bonds is 5. The second kappa shape index (κ2) is 5.96. The molecular weight excluding hydrogens is 302 g/mol. The fourth-order valence-electron chi connectivity index (χ4n) is 1.46. The van der Waals surface area contributed by atoms with Gasteiger partial charge in [0.15, 0.2) is 0 Å². The van der Waals surface area contributed by atoms with E-state index in [0.717, 1.165) is 12.1 Å². The molecule has 0 bridgehead atoms. The lowest BCUT2D eigenvalue weighted by Crippen LogP contribution is -2.27. The molecule has 0 aliphatic carbocycles. The highest BCUT2D eigenvalue weighted by Crippen LogP contribution is 2.35. The highest BCUT2D eigenvalue weighted by atomic mass is 32.2. The number of aliphatic hydroxyl groups excluding tert-OH is 1. The molecular formula is C11H13F4NO3S. The first-order valence-corrected chi connectivity index (χ1v) is 7.10. The van der Waals surface area contributed by atoms with E-state index in [2.05, 4.69) is 5.32 Å². The van der Waals surface area contributed by atoms with E-state index in [9.17, 15) is 26.0 Å². The summed E-state index contributed by atoms with van der Waals surface area (Å²) < 4.78 is 73.5. The summed E-state index contributed by atoms with van der Waals surface area (Å²) in [6, 6.07) is 1.39. The summed E-state index contributed by atoms with van der Waals surface area (Å²) in [7, 11) is -5.68. The average Bonchev–Trinajstić information content (AvgIpc) is 2.35. The van der Waals surface area contributed by atoms with E-state index in [0.29, 0.717) is 12.5 Å². The molecule has 0 heterocycles. The average molecular weight is 315 g/mol. The quantitative estimate of drug-likeness (QED) is 0.818. The van der Waals surface area contributed by atoms with Gasteiger partial charge in [0.1, 0.15) is 10.7 Å². The number of benzene rings is 1. The minimum Gasteiger partial charge on any atom is -0.394 e. The second-order valence-corrected chi connectivity index (χ2v) is 5.93. The number of halogens is 4. The Kier molecular flexibility index (Phi) is 4.98. The van der Waals surface area contributed by atoms with Crippen LogP contribution in [0.3, 0.4) is 0 Å². The standard InChI is InChI=1S/C11H13F4NO3S/c1-2-8(6-17)16-9-4-3-7(12)5-10(9)20(18,19)11(13,14)15/h3-5,8,16-17H,2,6H2,1H3/t8-/m0/s1. The summed E-state index contributed by atoms with van der Waals surface area (Å²) in [6.45, 7) is 1.24. The Balaban J connectivity index is 3.35. The van der Waals surface area contributed by atoms with Crippen molar-refractivity contribution >= 4 is 15.5 Å². The van der Waals surface area contributed by atoms with Crippen LogP contribution in [0.4, 0.5) is 23.2 Å². The largest absolute Gasteiger partial charge is 0.501 e. The normalized spacial score (nSPS) is 14.1. The van der Waals surface area contributed by atoms with Crippen LogP contribution in [0.5, 0.6) is 0 Å². The van der Waals surface area contributed by atoms with Crippen molar-refractivity contribution in [2.75, 3.05) is 11.9 Å². The first-order valence-electron chi connectivity index (χ1n) is 5.61. The molecule has 0 saturated heterocycles. The fourth-order valence-corrected chi connectivity index (χ4v) is 2.39. The number of sulfone groups is 1. The van der Waals surface area contributed by atoms with Crippen molar-refractivity contribution in [1.82, 2.24) is 0 Å². The third-order valence-corrected chi connectivity index (χ3v) is 4.14. The van der Waals surface area contributed by atoms with Crippen molar-refractivity contribution in [2.45, 2.75) is 29.8 Å². The maximum Gasteiger partial charge on any atom is 0.501 e. The van der Waals surface area contributed by atoms with Crippen LogP contribution in [0, 0.1) is 5.82 Å². The van der Waals surface area contributed by atoms with Crippen LogP contribution in [0.25, 0.3) is 0 Å². The summed E-state index contributed by atoms with van der Waals surface area (Å²) in [6.07, 6.45) is 0.347. The Morgan fingerprint density at radius 3 is 2.40 bits per heavy atom. The third-order valence-electron chi connectivity index (χ3n) is 2.61. The van der Waals surface area contributed by atoms with Crippen molar-refractivity contribution in [2.24, 2.45) is 0 Å². The molecule has 114 valence electrons. The molecule has 1 atom stereocenters. The van der Waals surface area contributed by atoms with Gasteiger partial charge >= 0.3 is 5.51 Å². The van der Waals surface area contributed by atoms with Gasteiger partial charge in [0.2, 0.25) is 0 Å². The maximum atomic E-state index is 13.1.